The van der Waals surface area contributed by atoms with Crippen LogP contribution >= 0.6 is 11.6 Å². The summed E-state index contributed by atoms with van der Waals surface area (Å²) in [6.45, 7) is 10.0. The van der Waals surface area contributed by atoms with Crippen LogP contribution in [0.3, 0.4) is 0 Å². The van der Waals surface area contributed by atoms with E-state index in [1.54, 1.807) is 23.1 Å². The monoisotopic (exact) mass is 855 g/mol. The molecule has 16 nitrogen and oxygen atoms in total. The van der Waals surface area contributed by atoms with Crippen molar-refractivity contribution in [2.75, 3.05) is 56.6 Å². The van der Waals surface area contributed by atoms with E-state index in [-0.39, 0.29) is 59.8 Å². The molecular formula is C43H51ClFN11O5. The second-order valence-corrected chi connectivity index (χ2v) is 17.2. The number of aromatic nitrogens is 6. The van der Waals surface area contributed by atoms with Crippen molar-refractivity contribution in [2.24, 2.45) is 18.9 Å². The molecule has 1 unspecified atom stereocenters. The zero-order valence-corrected chi connectivity index (χ0v) is 35.8. The fourth-order valence-corrected chi connectivity index (χ4v) is 9.19. The van der Waals surface area contributed by atoms with Crippen molar-refractivity contribution in [3.05, 3.63) is 69.1 Å². The van der Waals surface area contributed by atoms with E-state index < -0.39 is 5.92 Å². The Morgan fingerprint density at radius 1 is 1.05 bits per heavy atom. The summed E-state index contributed by atoms with van der Waals surface area (Å²) in [4.78, 5) is 68.1. The molecule has 3 aliphatic heterocycles. The predicted octanol–water partition coefficient (Wildman–Crippen LogP) is 5.18. The quantitative estimate of drug-likeness (QED) is 0.149. The van der Waals surface area contributed by atoms with Gasteiger partial charge in [-0.1, -0.05) is 18.5 Å². The Labute approximate surface area is 357 Å². The van der Waals surface area contributed by atoms with Crippen molar-refractivity contribution in [3.8, 4) is 5.75 Å². The van der Waals surface area contributed by atoms with Crippen molar-refractivity contribution < 1.29 is 23.5 Å². The van der Waals surface area contributed by atoms with Gasteiger partial charge in [0.1, 0.15) is 16.5 Å². The van der Waals surface area contributed by atoms with Crippen molar-refractivity contribution in [1.82, 2.24) is 44.8 Å². The number of piperidine rings is 3. The molecule has 322 valence electrons. The van der Waals surface area contributed by atoms with Crippen LogP contribution in [-0.4, -0.2) is 98.3 Å². The third-order valence-electron chi connectivity index (χ3n) is 12.4. The Balaban J connectivity index is 0.888. The van der Waals surface area contributed by atoms with Crippen LogP contribution in [0.5, 0.6) is 5.75 Å². The lowest BCUT2D eigenvalue weighted by atomic mass is 9.84. The molecule has 0 saturated carbocycles. The summed E-state index contributed by atoms with van der Waals surface area (Å²) in [5, 5.41) is 14.4. The molecule has 3 amide bonds. The second kappa shape index (κ2) is 17.4. The molecule has 8 rings (SSSR count). The number of amides is 3. The molecule has 7 heterocycles. The molecule has 0 spiro atoms. The molecule has 0 aliphatic carbocycles. The van der Waals surface area contributed by atoms with Crippen molar-refractivity contribution >= 4 is 68.7 Å². The van der Waals surface area contributed by atoms with Crippen LogP contribution in [0.15, 0.2) is 41.5 Å². The van der Waals surface area contributed by atoms with Gasteiger partial charge in [0.15, 0.2) is 18.2 Å². The number of likely N-dealkylation sites (N-methyl/N-ethyl adjacent to an activating group) is 1. The van der Waals surface area contributed by atoms with E-state index in [1.165, 1.54) is 17.7 Å². The number of nitrogens with zero attached hydrogens (tertiary/aromatic N) is 8. The number of pyridine rings is 2. The number of hydrogen-bond donors (Lipinski definition) is 3. The first-order valence-electron chi connectivity index (χ1n) is 20.9. The Bertz CT molecular complexity index is 2570. The molecule has 18 heteroatoms. The smallest absolute Gasteiger partial charge is 0.294 e. The molecule has 5 aromatic rings. The van der Waals surface area contributed by atoms with Crippen LogP contribution in [0.25, 0.3) is 21.9 Å². The fraction of sp³-hybridized carbons (Fsp3) is 0.488. The molecule has 3 aliphatic rings. The molecule has 3 saturated heterocycles. The number of rotatable bonds is 11. The Morgan fingerprint density at radius 3 is 2.56 bits per heavy atom. The van der Waals surface area contributed by atoms with Crippen LogP contribution in [-0.2, 0) is 21.4 Å². The van der Waals surface area contributed by atoms with Crippen LogP contribution in [0, 0.1) is 17.7 Å². The van der Waals surface area contributed by atoms with E-state index in [0.29, 0.717) is 68.4 Å². The highest BCUT2D eigenvalue weighted by Crippen LogP contribution is 2.37. The maximum atomic E-state index is 15.8. The number of ether oxygens (including phenoxy) is 1. The minimum atomic E-state index is -0.577. The zero-order chi connectivity index (χ0) is 43.1. The number of carbonyl (C=O) groups is 3. The first kappa shape index (κ1) is 42.0. The summed E-state index contributed by atoms with van der Waals surface area (Å²) in [7, 11) is 3.31. The van der Waals surface area contributed by atoms with Gasteiger partial charge in [-0.15, -0.1) is 0 Å². The van der Waals surface area contributed by atoms with Gasteiger partial charge in [-0.05, 0) is 100 Å². The molecule has 3 N–H and O–H groups in total. The van der Waals surface area contributed by atoms with Gasteiger partial charge in [0.2, 0.25) is 17.8 Å². The molecule has 0 bridgehead atoms. The SMILES string of the molecule is CNC(=O)COc1cc2cc(Nc3nc(N4CC[C@@H](CN5CCC(c6cc7c(cc6F)c(C6CCC(=O)NC6=O)nn7C)CC5)[C@@H](C)C4)ncc3Cl)cnc2n(C(C)C)c1=O. The molecule has 3 atom stereocenters. The van der Waals surface area contributed by atoms with Crippen molar-refractivity contribution in [2.45, 2.75) is 70.8 Å². The van der Waals surface area contributed by atoms with E-state index in [0.717, 1.165) is 57.5 Å². The second-order valence-electron chi connectivity index (χ2n) is 16.8. The van der Waals surface area contributed by atoms with Crippen LogP contribution in [0.2, 0.25) is 5.02 Å². The predicted molar refractivity (Wildman–Crippen MR) is 230 cm³/mol. The highest BCUT2D eigenvalue weighted by Gasteiger charge is 2.34. The first-order chi connectivity index (χ1) is 29.3. The minimum Gasteiger partial charge on any atom is -0.478 e. The van der Waals surface area contributed by atoms with E-state index in [2.05, 4.69) is 47.7 Å². The summed E-state index contributed by atoms with van der Waals surface area (Å²) >= 11 is 6.61. The summed E-state index contributed by atoms with van der Waals surface area (Å²) in [5.41, 5.74) is 2.70. The molecule has 3 fully saturated rings. The third kappa shape index (κ3) is 8.62. The summed E-state index contributed by atoms with van der Waals surface area (Å²) in [6, 6.07) is 6.64. The molecule has 61 heavy (non-hydrogen) atoms. The number of halogens is 2. The van der Waals surface area contributed by atoms with E-state index in [1.807, 2.05) is 33.0 Å². The number of carbonyl (C=O) groups excluding carboxylic acids is 3. The average Bonchev–Trinajstić information content (AvgIpc) is 3.55. The Kier molecular flexibility index (Phi) is 12.0. The number of imide groups is 1. The molecule has 1 aromatic carbocycles. The maximum Gasteiger partial charge on any atom is 0.294 e. The standard InChI is InChI=1S/C43H51ClFN11O5/c1-23(2)56-40-27(15-35(42(56)60)61-22-37(58)46-4)14-28(18-47-40)49-39-32(44)19-48-43(51-39)55-13-10-26(24(3)20-55)21-54-11-8-25(9-12-54)30-17-34-31(16-33(30)45)38(52-53(34)5)29-6-7-36(57)50-41(29)59/h14-19,23-26,29H,6-13,20-22H2,1-5H3,(H,46,58)(H,48,49,51)(H,50,57,59)/t24-,26-,29?/m0/s1. The van der Waals surface area contributed by atoms with Gasteiger partial charge in [0.05, 0.1) is 35.2 Å². The average molecular weight is 856 g/mol. The molecule has 4 aromatic heterocycles. The number of benzene rings is 1. The van der Waals surface area contributed by atoms with E-state index >= 15 is 4.39 Å². The minimum absolute atomic E-state index is 0.0482. The summed E-state index contributed by atoms with van der Waals surface area (Å²) in [5.74, 6) is 0.0946. The van der Waals surface area contributed by atoms with Gasteiger partial charge in [0.25, 0.3) is 11.5 Å². The summed E-state index contributed by atoms with van der Waals surface area (Å²) in [6.07, 6.45) is 6.47. The van der Waals surface area contributed by atoms with Crippen LogP contribution < -0.4 is 31.1 Å². The van der Waals surface area contributed by atoms with Gasteiger partial charge < -0.3 is 25.2 Å². The zero-order valence-electron chi connectivity index (χ0n) is 35.0. The lowest BCUT2D eigenvalue weighted by Gasteiger charge is -2.41. The van der Waals surface area contributed by atoms with Gasteiger partial charge in [-0.3, -0.25) is 33.7 Å². The number of likely N-dealkylation sites (tertiary alicyclic amines) is 1. The number of anilines is 3. The van der Waals surface area contributed by atoms with Crippen LogP contribution in [0.1, 0.15) is 82.0 Å². The maximum absolute atomic E-state index is 15.8. The van der Waals surface area contributed by atoms with E-state index in [4.69, 9.17) is 21.3 Å². The first-order valence-corrected chi connectivity index (χ1v) is 21.3. The third-order valence-corrected chi connectivity index (χ3v) is 12.7. The lowest BCUT2D eigenvalue weighted by molar-refractivity contribution is -0.134. The van der Waals surface area contributed by atoms with Gasteiger partial charge in [0, 0.05) is 57.0 Å². The number of nitrogens with one attached hydrogen (secondary N) is 3. The van der Waals surface area contributed by atoms with Gasteiger partial charge >= 0.3 is 0 Å². The van der Waals surface area contributed by atoms with Gasteiger partial charge in [-0.25, -0.2) is 14.4 Å². The Morgan fingerprint density at radius 2 is 1.84 bits per heavy atom. The van der Waals surface area contributed by atoms with E-state index in [9.17, 15) is 19.2 Å². The largest absolute Gasteiger partial charge is 0.478 e. The Hall–Kier alpha value is -5.68. The highest BCUT2D eigenvalue weighted by molar-refractivity contribution is 6.33. The topological polar surface area (TPSA) is 181 Å². The number of hydrogen-bond acceptors (Lipinski definition) is 12. The van der Waals surface area contributed by atoms with Crippen molar-refractivity contribution in [1.29, 1.82) is 0 Å². The number of aryl methyl sites for hydroxylation is 1. The number of fused-ring (bicyclic) bond motifs is 2. The normalized spacial score (nSPS) is 20.4. The van der Waals surface area contributed by atoms with Crippen molar-refractivity contribution in [3.63, 3.8) is 0 Å². The molecular weight excluding hydrogens is 805 g/mol. The summed E-state index contributed by atoms with van der Waals surface area (Å²) < 4.78 is 24.6. The molecule has 0 radical (unpaired) electrons. The highest BCUT2D eigenvalue weighted by atomic mass is 35.5. The fourth-order valence-electron chi connectivity index (χ4n) is 9.05. The van der Waals surface area contributed by atoms with Gasteiger partial charge in [-0.2, -0.15) is 10.1 Å². The van der Waals surface area contributed by atoms with Crippen LogP contribution in [0.4, 0.5) is 21.8 Å². The lowest BCUT2D eigenvalue weighted by Crippen LogP contribution is -2.45.